The van der Waals surface area contributed by atoms with Crippen LogP contribution in [0.3, 0.4) is 0 Å². The average Bonchev–Trinajstić information content (AvgIpc) is 2.64. The van der Waals surface area contributed by atoms with Gasteiger partial charge in [-0.2, -0.15) is 0 Å². The fourth-order valence-electron chi connectivity index (χ4n) is 2.80. The number of guanidine groups is 1. The Bertz CT molecular complexity index is 567. The van der Waals surface area contributed by atoms with Crippen LogP contribution in [0.4, 0.5) is 0 Å². The van der Waals surface area contributed by atoms with Crippen LogP contribution in [0.2, 0.25) is 0 Å². The maximum absolute atomic E-state index is 10.8. The number of benzene rings is 1. The third kappa shape index (κ3) is 11.7. The Morgan fingerprint density at radius 2 is 2.00 bits per heavy atom. The highest BCUT2D eigenvalue weighted by atomic mass is 127. The minimum absolute atomic E-state index is 0. The van der Waals surface area contributed by atoms with Crippen LogP contribution in [0, 0.1) is 5.92 Å². The quantitative estimate of drug-likeness (QED) is 0.238. The van der Waals surface area contributed by atoms with E-state index in [-0.39, 0.29) is 30.6 Å². The van der Waals surface area contributed by atoms with Gasteiger partial charge in [-0.1, -0.05) is 45.2 Å². The zero-order valence-electron chi connectivity index (χ0n) is 16.8. The molecule has 7 heteroatoms. The molecule has 0 spiro atoms. The van der Waals surface area contributed by atoms with Crippen molar-refractivity contribution in [3.63, 3.8) is 0 Å². The third-order valence-corrected chi connectivity index (χ3v) is 4.18. The van der Waals surface area contributed by atoms with Gasteiger partial charge < -0.3 is 21.1 Å². The fourth-order valence-corrected chi connectivity index (χ4v) is 2.80. The second kappa shape index (κ2) is 15.5. The molecule has 1 amide bonds. The number of hydrogen-bond donors (Lipinski definition) is 3. The number of nitrogens with one attached hydrogen (secondary N) is 2. The number of halogens is 1. The molecule has 0 heterocycles. The molecule has 0 saturated heterocycles. The standard InChI is InChI=1S/C20H34N4O2.HI/c1-4-6-9-16(8-5-2)13-23-20(22-3)24-14-17-10-7-11-18(12-17)26-15-19(21)25;/h7,10-12,16H,4-6,8-9,13-15H2,1-3H3,(H2,21,25)(H2,22,23,24);1H. The van der Waals surface area contributed by atoms with Crippen molar-refractivity contribution in [3.05, 3.63) is 29.8 Å². The number of carbonyl (C=O) groups excluding carboxylic acids is 1. The Labute approximate surface area is 180 Å². The van der Waals surface area contributed by atoms with Crippen LogP contribution < -0.4 is 21.1 Å². The number of primary amides is 1. The lowest BCUT2D eigenvalue weighted by atomic mass is 9.97. The summed E-state index contributed by atoms with van der Waals surface area (Å²) in [7, 11) is 1.78. The highest BCUT2D eigenvalue weighted by Crippen LogP contribution is 2.14. The summed E-state index contributed by atoms with van der Waals surface area (Å²) in [6.45, 7) is 5.92. The summed E-state index contributed by atoms with van der Waals surface area (Å²) in [5, 5.41) is 6.76. The van der Waals surface area contributed by atoms with E-state index in [1.54, 1.807) is 7.05 Å². The molecular formula is C20H35IN4O2. The van der Waals surface area contributed by atoms with E-state index in [0.717, 1.165) is 18.1 Å². The molecule has 0 aliphatic rings. The summed E-state index contributed by atoms with van der Waals surface area (Å²) < 4.78 is 5.34. The van der Waals surface area contributed by atoms with Crippen LogP contribution in [-0.4, -0.2) is 32.1 Å². The molecule has 4 N–H and O–H groups in total. The Kier molecular flexibility index (Phi) is 14.7. The lowest BCUT2D eigenvalue weighted by Crippen LogP contribution is -2.39. The topological polar surface area (TPSA) is 88.7 Å². The minimum atomic E-state index is -0.483. The first-order valence-electron chi connectivity index (χ1n) is 9.53. The minimum Gasteiger partial charge on any atom is -0.484 e. The predicted molar refractivity (Wildman–Crippen MR) is 123 cm³/mol. The molecule has 0 aliphatic carbocycles. The first-order valence-corrected chi connectivity index (χ1v) is 9.53. The number of ether oxygens (including phenoxy) is 1. The summed E-state index contributed by atoms with van der Waals surface area (Å²) in [5.41, 5.74) is 6.15. The van der Waals surface area contributed by atoms with E-state index in [1.165, 1.54) is 32.1 Å². The molecule has 1 aromatic rings. The van der Waals surface area contributed by atoms with E-state index < -0.39 is 5.91 Å². The number of nitrogens with two attached hydrogens (primary N) is 1. The van der Waals surface area contributed by atoms with Crippen molar-refractivity contribution >= 4 is 35.8 Å². The Balaban J connectivity index is 0.00000676. The van der Waals surface area contributed by atoms with E-state index in [1.807, 2.05) is 24.3 Å². The van der Waals surface area contributed by atoms with Crippen LogP contribution in [0.15, 0.2) is 29.3 Å². The molecule has 6 nitrogen and oxygen atoms in total. The monoisotopic (exact) mass is 490 g/mol. The molecule has 0 aliphatic heterocycles. The van der Waals surface area contributed by atoms with Crippen molar-refractivity contribution in [2.75, 3.05) is 20.2 Å². The van der Waals surface area contributed by atoms with Crippen molar-refractivity contribution in [3.8, 4) is 5.75 Å². The number of nitrogens with zero attached hydrogens (tertiary/aromatic N) is 1. The molecule has 1 unspecified atom stereocenters. The SMILES string of the molecule is CCCCC(CCC)CNC(=NC)NCc1cccc(OCC(N)=O)c1.I. The van der Waals surface area contributed by atoms with Crippen LogP contribution >= 0.6 is 24.0 Å². The normalized spacial score (nSPS) is 12.0. The maximum Gasteiger partial charge on any atom is 0.255 e. The largest absolute Gasteiger partial charge is 0.484 e. The fraction of sp³-hybridized carbons (Fsp3) is 0.600. The van der Waals surface area contributed by atoms with E-state index in [0.29, 0.717) is 18.2 Å². The molecule has 0 aromatic heterocycles. The van der Waals surface area contributed by atoms with Gasteiger partial charge >= 0.3 is 0 Å². The molecule has 0 bridgehead atoms. The Morgan fingerprint density at radius 3 is 2.63 bits per heavy atom. The Morgan fingerprint density at radius 1 is 1.22 bits per heavy atom. The molecule has 154 valence electrons. The summed E-state index contributed by atoms with van der Waals surface area (Å²) in [6, 6.07) is 7.59. The van der Waals surface area contributed by atoms with Crippen LogP contribution in [0.1, 0.15) is 51.5 Å². The molecule has 0 saturated carbocycles. The van der Waals surface area contributed by atoms with Gasteiger partial charge in [0, 0.05) is 20.1 Å². The molecule has 1 rings (SSSR count). The van der Waals surface area contributed by atoms with Gasteiger partial charge in [-0.05, 0) is 36.5 Å². The van der Waals surface area contributed by atoms with Crippen molar-refractivity contribution in [1.29, 1.82) is 0 Å². The molecule has 27 heavy (non-hydrogen) atoms. The predicted octanol–water partition coefficient (Wildman–Crippen LogP) is 3.44. The number of aliphatic imine (C=N–C) groups is 1. The maximum atomic E-state index is 10.8. The van der Waals surface area contributed by atoms with Gasteiger partial charge in [0.1, 0.15) is 5.75 Å². The van der Waals surface area contributed by atoms with Gasteiger partial charge in [0.05, 0.1) is 0 Å². The number of hydrogen-bond acceptors (Lipinski definition) is 3. The van der Waals surface area contributed by atoms with Crippen LogP contribution in [0.5, 0.6) is 5.75 Å². The number of unbranched alkanes of at least 4 members (excludes halogenated alkanes) is 1. The van der Waals surface area contributed by atoms with Crippen molar-refractivity contribution in [2.45, 2.75) is 52.5 Å². The summed E-state index contributed by atoms with van der Waals surface area (Å²) in [5.74, 6) is 1.63. The smallest absolute Gasteiger partial charge is 0.255 e. The molecule has 0 fully saturated rings. The first kappa shape index (κ1) is 25.5. The van der Waals surface area contributed by atoms with Gasteiger partial charge in [0.25, 0.3) is 5.91 Å². The van der Waals surface area contributed by atoms with E-state index in [9.17, 15) is 4.79 Å². The molecule has 1 atom stereocenters. The van der Waals surface area contributed by atoms with E-state index >= 15 is 0 Å². The van der Waals surface area contributed by atoms with Crippen LogP contribution in [0.25, 0.3) is 0 Å². The average molecular weight is 490 g/mol. The van der Waals surface area contributed by atoms with Crippen molar-refractivity contribution in [1.82, 2.24) is 10.6 Å². The van der Waals surface area contributed by atoms with Gasteiger partial charge in [-0.15, -0.1) is 24.0 Å². The zero-order valence-corrected chi connectivity index (χ0v) is 19.1. The van der Waals surface area contributed by atoms with Gasteiger partial charge in [-0.25, -0.2) is 0 Å². The Hall–Kier alpha value is -1.51. The second-order valence-corrected chi connectivity index (χ2v) is 6.51. The van der Waals surface area contributed by atoms with Crippen molar-refractivity contribution in [2.24, 2.45) is 16.6 Å². The van der Waals surface area contributed by atoms with E-state index in [4.69, 9.17) is 10.5 Å². The molecule has 1 aromatic carbocycles. The second-order valence-electron chi connectivity index (χ2n) is 6.51. The lowest BCUT2D eigenvalue weighted by Gasteiger charge is -2.19. The number of carbonyl (C=O) groups is 1. The lowest BCUT2D eigenvalue weighted by molar-refractivity contribution is -0.119. The highest BCUT2D eigenvalue weighted by molar-refractivity contribution is 14.0. The molecule has 0 radical (unpaired) electrons. The summed E-state index contributed by atoms with van der Waals surface area (Å²) >= 11 is 0. The first-order chi connectivity index (χ1) is 12.6. The van der Waals surface area contributed by atoms with Crippen molar-refractivity contribution < 1.29 is 9.53 Å². The van der Waals surface area contributed by atoms with Gasteiger partial charge in [0.2, 0.25) is 0 Å². The number of amides is 1. The zero-order chi connectivity index (χ0) is 19.2. The third-order valence-electron chi connectivity index (χ3n) is 4.18. The summed E-state index contributed by atoms with van der Waals surface area (Å²) in [6.07, 6.45) is 6.22. The van der Waals surface area contributed by atoms with Crippen LogP contribution in [-0.2, 0) is 11.3 Å². The van der Waals surface area contributed by atoms with E-state index in [2.05, 4.69) is 29.5 Å². The highest BCUT2D eigenvalue weighted by Gasteiger charge is 2.08. The summed E-state index contributed by atoms with van der Waals surface area (Å²) in [4.78, 5) is 15.1. The van der Waals surface area contributed by atoms with Gasteiger partial charge in [0.15, 0.2) is 12.6 Å². The number of rotatable bonds is 12. The van der Waals surface area contributed by atoms with Gasteiger partial charge in [-0.3, -0.25) is 9.79 Å². The molecular weight excluding hydrogens is 455 g/mol.